The molecule has 2 aromatic rings. The van der Waals surface area contributed by atoms with Crippen molar-refractivity contribution >= 4 is 38.5 Å². The fourth-order valence-corrected chi connectivity index (χ4v) is 2.08. The molecule has 0 aliphatic heterocycles. The zero-order valence-corrected chi connectivity index (χ0v) is 9.45. The van der Waals surface area contributed by atoms with Crippen LogP contribution >= 0.6 is 27.5 Å². The lowest BCUT2D eigenvalue weighted by Gasteiger charge is -1.90. The Kier molecular flexibility index (Phi) is 2.35. The van der Waals surface area contributed by atoms with Crippen molar-refractivity contribution in [1.82, 2.24) is 0 Å². The van der Waals surface area contributed by atoms with Gasteiger partial charge in [-0.1, -0.05) is 27.5 Å². The quantitative estimate of drug-likeness (QED) is 0.696. The average Bonchev–Trinajstić information content (AvgIpc) is 2.44. The zero-order chi connectivity index (χ0) is 9.42. The molecule has 0 radical (unpaired) electrons. The summed E-state index contributed by atoms with van der Waals surface area (Å²) in [6.07, 6.45) is 0. The Bertz CT molecular complexity index is 447. The maximum atomic E-state index is 5.89. The van der Waals surface area contributed by atoms with Crippen molar-refractivity contribution in [3.8, 4) is 0 Å². The van der Waals surface area contributed by atoms with Crippen LogP contribution in [0.3, 0.4) is 0 Å². The summed E-state index contributed by atoms with van der Waals surface area (Å²) in [5.41, 5.74) is 2.06. The van der Waals surface area contributed by atoms with E-state index in [4.69, 9.17) is 16.0 Å². The number of alkyl halides is 1. The summed E-state index contributed by atoms with van der Waals surface area (Å²) in [4.78, 5) is 0. The average molecular weight is 260 g/mol. The minimum absolute atomic E-state index is 0.741. The van der Waals surface area contributed by atoms with Gasteiger partial charge in [-0.25, -0.2) is 0 Å². The number of hydrogen-bond acceptors (Lipinski definition) is 1. The Balaban J connectivity index is 2.77. The molecule has 2 rings (SSSR count). The lowest BCUT2D eigenvalue weighted by atomic mass is 10.1. The first-order valence-corrected chi connectivity index (χ1v) is 5.46. The van der Waals surface area contributed by atoms with Crippen molar-refractivity contribution in [1.29, 1.82) is 0 Å². The highest BCUT2D eigenvalue weighted by Crippen LogP contribution is 2.28. The number of rotatable bonds is 1. The Morgan fingerprint density at radius 1 is 1.46 bits per heavy atom. The topological polar surface area (TPSA) is 13.1 Å². The molecular formula is C10H8BrClO. The number of benzene rings is 1. The third kappa shape index (κ3) is 1.49. The van der Waals surface area contributed by atoms with Crippen LogP contribution in [-0.2, 0) is 5.33 Å². The van der Waals surface area contributed by atoms with E-state index < -0.39 is 0 Å². The summed E-state index contributed by atoms with van der Waals surface area (Å²) >= 11 is 9.27. The van der Waals surface area contributed by atoms with Crippen molar-refractivity contribution in [3.63, 3.8) is 0 Å². The Hall–Kier alpha value is -0.470. The van der Waals surface area contributed by atoms with Crippen LogP contribution in [0.1, 0.15) is 11.3 Å². The maximum Gasteiger partial charge on any atom is 0.134 e. The normalized spacial score (nSPS) is 11.0. The molecule has 1 aromatic carbocycles. The second-order valence-electron chi connectivity index (χ2n) is 2.92. The zero-order valence-electron chi connectivity index (χ0n) is 7.10. The minimum atomic E-state index is 0.741. The van der Waals surface area contributed by atoms with Crippen LogP contribution in [0.25, 0.3) is 11.0 Å². The van der Waals surface area contributed by atoms with E-state index in [0.29, 0.717) is 0 Å². The van der Waals surface area contributed by atoms with E-state index in [1.165, 1.54) is 0 Å². The van der Waals surface area contributed by atoms with Gasteiger partial charge in [0.05, 0.1) is 5.33 Å². The largest absolute Gasteiger partial charge is 0.460 e. The molecule has 1 aromatic heterocycles. The lowest BCUT2D eigenvalue weighted by Crippen LogP contribution is -1.74. The van der Waals surface area contributed by atoms with Gasteiger partial charge in [-0.2, -0.15) is 0 Å². The van der Waals surface area contributed by atoms with E-state index in [2.05, 4.69) is 15.9 Å². The SMILES string of the molecule is Cc1c(CBr)oc2ccc(Cl)cc12. The van der Waals surface area contributed by atoms with Crippen molar-refractivity contribution in [2.75, 3.05) is 0 Å². The summed E-state index contributed by atoms with van der Waals surface area (Å²) < 4.78 is 5.60. The number of aryl methyl sites for hydroxylation is 1. The van der Waals surface area contributed by atoms with Crippen LogP contribution in [0.15, 0.2) is 22.6 Å². The van der Waals surface area contributed by atoms with Crippen LogP contribution in [-0.4, -0.2) is 0 Å². The van der Waals surface area contributed by atoms with Gasteiger partial charge in [-0.3, -0.25) is 0 Å². The van der Waals surface area contributed by atoms with E-state index in [1.54, 1.807) is 0 Å². The van der Waals surface area contributed by atoms with Crippen molar-refractivity contribution in [3.05, 3.63) is 34.5 Å². The maximum absolute atomic E-state index is 5.89. The highest BCUT2D eigenvalue weighted by atomic mass is 79.9. The van der Waals surface area contributed by atoms with Crippen LogP contribution in [0.4, 0.5) is 0 Å². The number of hydrogen-bond donors (Lipinski definition) is 0. The molecule has 13 heavy (non-hydrogen) atoms. The van der Waals surface area contributed by atoms with Crippen LogP contribution < -0.4 is 0 Å². The molecule has 0 atom stereocenters. The molecule has 0 spiro atoms. The molecule has 0 bridgehead atoms. The molecule has 0 aliphatic carbocycles. The second-order valence-corrected chi connectivity index (χ2v) is 3.92. The smallest absolute Gasteiger partial charge is 0.134 e. The molecule has 0 aliphatic rings. The van der Waals surface area contributed by atoms with Crippen LogP contribution in [0.5, 0.6) is 0 Å². The summed E-state index contributed by atoms with van der Waals surface area (Å²) in [6.45, 7) is 2.04. The predicted octanol–water partition coefficient (Wildman–Crippen LogP) is 4.29. The fraction of sp³-hybridized carbons (Fsp3) is 0.200. The van der Waals surface area contributed by atoms with Gasteiger partial charge < -0.3 is 4.42 Å². The third-order valence-corrected chi connectivity index (χ3v) is 2.86. The molecular weight excluding hydrogens is 251 g/mol. The molecule has 3 heteroatoms. The molecule has 1 nitrogen and oxygen atoms in total. The Morgan fingerprint density at radius 2 is 2.23 bits per heavy atom. The molecule has 0 unspecified atom stereocenters. The van der Waals surface area contributed by atoms with Crippen molar-refractivity contribution in [2.45, 2.75) is 12.3 Å². The Labute approximate surface area is 89.8 Å². The first-order chi connectivity index (χ1) is 6.22. The second kappa shape index (κ2) is 3.35. The van der Waals surface area contributed by atoms with E-state index in [1.807, 2.05) is 25.1 Å². The number of halogens is 2. The highest BCUT2D eigenvalue weighted by Gasteiger charge is 2.08. The summed E-state index contributed by atoms with van der Waals surface area (Å²) in [5.74, 6) is 0.970. The van der Waals surface area contributed by atoms with E-state index in [-0.39, 0.29) is 0 Å². The molecule has 0 fully saturated rings. The van der Waals surface area contributed by atoms with Crippen molar-refractivity contribution < 1.29 is 4.42 Å². The minimum Gasteiger partial charge on any atom is -0.460 e. The highest BCUT2D eigenvalue weighted by molar-refractivity contribution is 9.08. The van der Waals surface area contributed by atoms with E-state index in [9.17, 15) is 0 Å². The van der Waals surface area contributed by atoms with Gasteiger partial charge in [0, 0.05) is 10.4 Å². The monoisotopic (exact) mass is 258 g/mol. The summed E-state index contributed by atoms with van der Waals surface area (Å²) in [7, 11) is 0. The third-order valence-electron chi connectivity index (χ3n) is 2.12. The van der Waals surface area contributed by atoms with Gasteiger partial charge in [-0.15, -0.1) is 0 Å². The molecule has 68 valence electrons. The summed E-state index contributed by atoms with van der Waals surface area (Å²) in [5, 5.41) is 2.59. The van der Waals surface area contributed by atoms with Crippen molar-refractivity contribution in [2.24, 2.45) is 0 Å². The van der Waals surface area contributed by atoms with Gasteiger partial charge in [0.15, 0.2) is 0 Å². The van der Waals surface area contributed by atoms with E-state index in [0.717, 1.165) is 32.6 Å². The van der Waals surface area contributed by atoms with Gasteiger partial charge >= 0.3 is 0 Å². The molecule has 1 heterocycles. The first kappa shape index (κ1) is 9.10. The number of fused-ring (bicyclic) bond motifs is 1. The van der Waals surface area contributed by atoms with Gasteiger partial charge in [0.2, 0.25) is 0 Å². The molecule has 0 saturated carbocycles. The van der Waals surface area contributed by atoms with Gasteiger partial charge in [0.1, 0.15) is 11.3 Å². The van der Waals surface area contributed by atoms with Gasteiger partial charge in [0.25, 0.3) is 0 Å². The molecule has 0 N–H and O–H groups in total. The first-order valence-electron chi connectivity index (χ1n) is 3.96. The van der Waals surface area contributed by atoms with Crippen LogP contribution in [0, 0.1) is 6.92 Å². The molecule has 0 saturated heterocycles. The van der Waals surface area contributed by atoms with Gasteiger partial charge in [-0.05, 0) is 30.7 Å². The lowest BCUT2D eigenvalue weighted by molar-refractivity contribution is 0.572. The Morgan fingerprint density at radius 3 is 2.92 bits per heavy atom. The fourth-order valence-electron chi connectivity index (χ4n) is 1.37. The van der Waals surface area contributed by atoms with E-state index >= 15 is 0 Å². The standard InChI is InChI=1S/C10H8BrClO/c1-6-8-4-7(12)2-3-9(8)13-10(6)5-11/h2-4H,5H2,1H3. The number of furan rings is 1. The van der Waals surface area contributed by atoms with Crippen LogP contribution in [0.2, 0.25) is 5.02 Å². The summed E-state index contributed by atoms with van der Waals surface area (Å²) in [6, 6.07) is 5.67. The predicted molar refractivity (Wildman–Crippen MR) is 58.6 cm³/mol. The molecule has 0 amide bonds.